The Kier molecular flexibility index (Phi) is 8.83. The second-order valence-corrected chi connectivity index (χ2v) is 6.80. The van der Waals surface area contributed by atoms with E-state index in [4.69, 9.17) is 9.47 Å². The van der Waals surface area contributed by atoms with Crippen LogP contribution in [0.25, 0.3) is 0 Å². The van der Waals surface area contributed by atoms with Gasteiger partial charge in [0.25, 0.3) is 0 Å². The average Bonchev–Trinajstić information content (AvgIpc) is 2.57. The third kappa shape index (κ3) is 6.91. The van der Waals surface area contributed by atoms with Gasteiger partial charge < -0.3 is 14.4 Å². The molecule has 24 heavy (non-hydrogen) atoms. The van der Waals surface area contributed by atoms with Crippen LogP contribution in [0.3, 0.4) is 0 Å². The first-order valence-electron chi connectivity index (χ1n) is 9.03. The van der Waals surface area contributed by atoms with Gasteiger partial charge in [-0.3, -0.25) is 0 Å². The van der Waals surface area contributed by atoms with Crippen molar-refractivity contribution in [3.63, 3.8) is 0 Å². The van der Waals surface area contributed by atoms with E-state index < -0.39 is 0 Å². The summed E-state index contributed by atoms with van der Waals surface area (Å²) < 4.78 is 11.3. The maximum atomic E-state index is 12.3. The van der Waals surface area contributed by atoms with Crippen LogP contribution >= 0.6 is 0 Å². The Hall–Kier alpha value is -1.55. The lowest BCUT2D eigenvalue weighted by Gasteiger charge is -2.26. The van der Waals surface area contributed by atoms with Crippen LogP contribution in [0, 0.1) is 11.8 Å². The molecule has 136 valence electrons. The molecule has 0 aliphatic rings. The summed E-state index contributed by atoms with van der Waals surface area (Å²) in [6.07, 6.45) is -0.116. The highest BCUT2D eigenvalue weighted by atomic mass is 16.5. The van der Waals surface area contributed by atoms with E-state index in [0.29, 0.717) is 24.0 Å². The van der Waals surface area contributed by atoms with E-state index in [9.17, 15) is 4.79 Å². The lowest BCUT2D eigenvalue weighted by molar-refractivity contribution is 0.0172. The molecule has 0 saturated carbocycles. The molecule has 4 nitrogen and oxygen atoms in total. The summed E-state index contributed by atoms with van der Waals surface area (Å²) in [7, 11) is 0. The van der Waals surface area contributed by atoms with Crippen molar-refractivity contribution in [3.05, 3.63) is 29.8 Å². The zero-order chi connectivity index (χ0) is 18.1. The number of carbonyl (C=O) groups excluding carboxylic acids is 1. The Balaban J connectivity index is 2.54. The average molecular weight is 335 g/mol. The number of rotatable bonds is 10. The highest BCUT2D eigenvalue weighted by Gasteiger charge is 2.19. The van der Waals surface area contributed by atoms with Gasteiger partial charge in [-0.25, -0.2) is 4.79 Å². The van der Waals surface area contributed by atoms with Crippen LogP contribution in [0.4, 0.5) is 0 Å². The van der Waals surface area contributed by atoms with Gasteiger partial charge in [-0.1, -0.05) is 34.6 Å². The zero-order valence-corrected chi connectivity index (χ0v) is 16.0. The molecule has 0 bridgehead atoms. The molecule has 0 aromatic heterocycles. The van der Waals surface area contributed by atoms with Gasteiger partial charge in [0.05, 0.1) is 12.2 Å². The molecule has 1 aromatic carbocycles. The summed E-state index contributed by atoms with van der Waals surface area (Å²) in [5, 5.41) is 0. The zero-order valence-electron chi connectivity index (χ0n) is 16.0. The van der Waals surface area contributed by atoms with Crippen molar-refractivity contribution in [1.82, 2.24) is 4.90 Å². The standard InChI is InChI=1S/C20H33NO3/c1-7-21(8-2)13-16(5)17(6)24-20(22)18-9-11-19(12-10-18)23-14-15(3)4/h9-12,15-17H,7-8,13-14H2,1-6H3/t16-,17+/m1/s1. The molecule has 0 radical (unpaired) electrons. The minimum atomic E-state index is -0.274. The molecule has 0 N–H and O–H groups in total. The molecular weight excluding hydrogens is 302 g/mol. The SMILES string of the molecule is CCN(CC)C[C@@H](C)[C@H](C)OC(=O)c1ccc(OCC(C)C)cc1. The van der Waals surface area contributed by atoms with Crippen LogP contribution in [-0.4, -0.2) is 43.2 Å². The molecule has 0 aliphatic heterocycles. The van der Waals surface area contributed by atoms with Gasteiger partial charge in [0.2, 0.25) is 0 Å². The summed E-state index contributed by atoms with van der Waals surface area (Å²) in [5.74, 6) is 1.28. The van der Waals surface area contributed by atoms with Gasteiger partial charge >= 0.3 is 5.97 Å². The monoisotopic (exact) mass is 335 g/mol. The summed E-state index contributed by atoms with van der Waals surface area (Å²) >= 11 is 0. The molecule has 0 amide bonds. The number of esters is 1. The van der Waals surface area contributed by atoms with Gasteiger partial charge in [0.1, 0.15) is 11.9 Å². The number of hydrogen-bond donors (Lipinski definition) is 0. The fourth-order valence-corrected chi connectivity index (χ4v) is 2.34. The van der Waals surface area contributed by atoms with Crippen molar-refractivity contribution in [2.45, 2.75) is 47.6 Å². The van der Waals surface area contributed by atoms with Crippen molar-refractivity contribution in [2.24, 2.45) is 11.8 Å². The van der Waals surface area contributed by atoms with E-state index >= 15 is 0 Å². The number of nitrogens with zero attached hydrogens (tertiary/aromatic N) is 1. The van der Waals surface area contributed by atoms with E-state index in [1.54, 1.807) is 12.1 Å². The summed E-state index contributed by atoms with van der Waals surface area (Å²) in [5.41, 5.74) is 0.564. The Morgan fingerprint density at radius 1 is 1.04 bits per heavy atom. The first kappa shape index (κ1) is 20.5. The summed E-state index contributed by atoms with van der Waals surface area (Å²) in [4.78, 5) is 14.6. The molecule has 0 spiro atoms. The predicted molar refractivity (Wildman–Crippen MR) is 98.6 cm³/mol. The molecule has 0 saturated heterocycles. The summed E-state index contributed by atoms with van der Waals surface area (Å²) in [6, 6.07) is 7.17. The van der Waals surface area contributed by atoms with E-state index in [-0.39, 0.29) is 12.1 Å². The molecule has 4 heteroatoms. The molecule has 0 aliphatic carbocycles. The first-order valence-corrected chi connectivity index (χ1v) is 9.03. The van der Waals surface area contributed by atoms with Gasteiger partial charge in [0, 0.05) is 12.5 Å². The number of benzene rings is 1. The van der Waals surface area contributed by atoms with E-state index in [1.807, 2.05) is 19.1 Å². The molecule has 0 heterocycles. The Labute approximate surface area is 147 Å². The number of carbonyl (C=O) groups is 1. The van der Waals surface area contributed by atoms with Gasteiger partial charge in [-0.05, 0) is 50.2 Å². The van der Waals surface area contributed by atoms with Crippen LogP contribution in [0.2, 0.25) is 0 Å². The Morgan fingerprint density at radius 3 is 2.12 bits per heavy atom. The van der Waals surface area contributed by atoms with Crippen molar-refractivity contribution in [2.75, 3.05) is 26.2 Å². The summed E-state index contributed by atoms with van der Waals surface area (Å²) in [6.45, 7) is 16.2. The highest BCUT2D eigenvalue weighted by Crippen LogP contribution is 2.16. The van der Waals surface area contributed by atoms with Crippen molar-refractivity contribution < 1.29 is 14.3 Å². The van der Waals surface area contributed by atoms with Crippen LogP contribution in [0.5, 0.6) is 5.75 Å². The lowest BCUT2D eigenvalue weighted by atomic mass is 10.1. The third-order valence-electron chi connectivity index (χ3n) is 4.21. The van der Waals surface area contributed by atoms with Gasteiger partial charge in [-0.2, -0.15) is 0 Å². The van der Waals surface area contributed by atoms with Crippen LogP contribution in [0.15, 0.2) is 24.3 Å². The molecular formula is C20H33NO3. The third-order valence-corrected chi connectivity index (χ3v) is 4.21. The highest BCUT2D eigenvalue weighted by molar-refractivity contribution is 5.89. The molecule has 0 unspecified atom stereocenters. The number of hydrogen-bond acceptors (Lipinski definition) is 4. The Morgan fingerprint density at radius 2 is 1.62 bits per heavy atom. The van der Waals surface area contributed by atoms with E-state index in [0.717, 1.165) is 25.4 Å². The minimum Gasteiger partial charge on any atom is -0.493 e. The van der Waals surface area contributed by atoms with Gasteiger partial charge in [0.15, 0.2) is 0 Å². The first-order chi connectivity index (χ1) is 11.4. The second-order valence-electron chi connectivity index (χ2n) is 6.80. The Bertz CT molecular complexity index is 480. The fraction of sp³-hybridized carbons (Fsp3) is 0.650. The van der Waals surface area contributed by atoms with E-state index in [2.05, 4.69) is 39.5 Å². The van der Waals surface area contributed by atoms with Crippen molar-refractivity contribution in [3.8, 4) is 5.75 Å². The number of ether oxygens (including phenoxy) is 2. The second kappa shape index (κ2) is 10.3. The molecule has 1 rings (SSSR count). The maximum Gasteiger partial charge on any atom is 0.338 e. The molecule has 0 fully saturated rings. The lowest BCUT2D eigenvalue weighted by Crippen LogP contribution is -2.34. The quantitative estimate of drug-likeness (QED) is 0.599. The van der Waals surface area contributed by atoms with E-state index in [1.165, 1.54) is 0 Å². The normalized spacial score (nSPS) is 13.8. The fourth-order valence-electron chi connectivity index (χ4n) is 2.34. The molecule has 2 atom stereocenters. The van der Waals surface area contributed by atoms with Crippen LogP contribution < -0.4 is 4.74 Å². The minimum absolute atomic E-state index is 0.116. The van der Waals surface area contributed by atoms with Crippen LogP contribution in [0.1, 0.15) is 51.9 Å². The van der Waals surface area contributed by atoms with Crippen molar-refractivity contribution in [1.29, 1.82) is 0 Å². The maximum absolute atomic E-state index is 12.3. The van der Waals surface area contributed by atoms with Gasteiger partial charge in [-0.15, -0.1) is 0 Å². The largest absolute Gasteiger partial charge is 0.493 e. The topological polar surface area (TPSA) is 38.8 Å². The van der Waals surface area contributed by atoms with Crippen molar-refractivity contribution >= 4 is 5.97 Å². The smallest absolute Gasteiger partial charge is 0.338 e. The van der Waals surface area contributed by atoms with Crippen LogP contribution in [-0.2, 0) is 4.74 Å². The molecule has 1 aromatic rings. The predicted octanol–water partition coefficient (Wildman–Crippen LogP) is 4.24.